The Labute approximate surface area is 158 Å². The van der Waals surface area contributed by atoms with Crippen LogP contribution < -0.4 is 5.32 Å². The number of fused-ring (bicyclic) bond motifs is 1. The van der Waals surface area contributed by atoms with Gasteiger partial charge in [0, 0.05) is 36.5 Å². The molecule has 144 valence electrons. The average Bonchev–Trinajstić information content (AvgIpc) is 2.88. The molecule has 1 aromatic carbocycles. The summed E-state index contributed by atoms with van der Waals surface area (Å²) in [5.41, 5.74) is 4.24. The number of ketones is 1. The van der Waals surface area contributed by atoms with Crippen molar-refractivity contribution in [2.45, 2.75) is 52.2 Å². The van der Waals surface area contributed by atoms with E-state index in [0.717, 1.165) is 35.4 Å². The van der Waals surface area contributed by atoms with Crippen molar-refractivity contribution in [1.82, 2.24) is 9.88 Å². The zero-order valence-electron chi connectivity index (χ0n) is 15.7. The smallest absolute Gasteiger partial charge is 0.224 e. The Kier molecular flexibility index (Phi) is 5.75. The second kappa shape index (κ2) is 8.05. The maximum atomic E-state index is 13.2. The topological polar surface area (TPSA) is 71.3 Å². The number of hydrogen-bond donors (Lipinski definition) is 2. The lowest BCUT2D eigenvalue weighted by Crippen LogP contribution is -2.32. The van der Waals surface area contributed by atoms with Gasteiger partial charge in [-0.25, -0.2) is 4.39 Å². The summed E-state index contributed by atoms with van der Waals surface area (Å²) >= 11 is 0. The second-order valence-corrected chi connectivity index (χ2v) is 7.20. The highest BCUT2D eigenvalue weighted by molar-refractivity contribution is 6.01. The third kappa shape index (κ3) is 4.27. The number of hydrogen-bond acceptors (Lipinski definition) is 3. The number of nitrogens with zero attached hydrogens (tertiary/aromatic N) is 1. The number of benzene rings is 1. The first-order valence-corrected chi connectivity index (χ1v) is 9.30. The lowest BCUT2D eigenvalue weighted by Gasteiger charge is -2.16. The highest BCUT2D eigenvalue weighted by Crippen LogP contribution is 2.31. The van der Waals surface area contributed by atoms with Crippen molar-refractivity contribution in [3.05, 3.63) is 58.2 Å². The Bertz CT molecular complexity index is 853. The van der Waals surface area contributed by atoms with Gasteiger partial charge < -0.3 is 15.0 Å². The Morgan fingerprint density at radius 1 is 1.30 bits per heavy atom. The van der Waals surface area contributed by atoms with Crippen molar-refractivity contribution < 1.29 is 19.1 Å². The Balaban J connectivity index is 1.93. The maximum Gasteiger partial charge on any atom is 0.224 e. The molecule has 0 saturated heterocycles. The summed E-state index contributed by atoms with van der Waals surface area (Å²) in [6, 6.07) is 6.33. The van der Waals surface area contributed by atoms with E-state index in [2.05, 4.69) is 9.88 Å². The van der Waals surface area contributed by atoms with E-state index in [4.69, 9.17) is 0 Å². The quantitative estimate of drug-likeness (QED) is 0.819. The Morgan fingerprint density at radius 2 is 2.00 bits per heavy atom. The number of aliphatic hydroxyl groups is 1. The summed E-state index contributed by atoms with van der Waals surface area (Å²) in [6.45, 7) is 4.25. The predicted molar refractivity (Wildman–Crippen MR) is 100 cm³/mol. The van der Waals surface area contributed by atoms with Crippen LogP contribution in [0.1, 0.15) is 52.6 Å². The van der Waals surface area contributed by atoms with Crippen LogP contribution in [0.5, 0.6) is 0 Å². The molecule has 1 aliphatic rings. The van der Waals surface area contributed by atoms with Gasteiger partial charge in [-0.2, -0.15) is 0 Å². The molecule has 0 spiro atoms. The van der Waals surface area contributed by atoms with E-state index < -0.39 is 6.10 Å². The van der Waals surface area contributed by atoms with Gasteiger partial charge >= 0.3 is 0 Å². The minimum atomic E-state index is -0.617. The first-order chi connectivity index (χ1) is 12.9. The number of Topliss-reactive ketones (excluding diaryl/α,β-unsaturated/α-hetero) is 1. The van der Waals surface area contributed by atoms with Gasteiger partial charge in [0.25, 0.3) is 0 Å². The fourth-order valence-electron chi connectivity index (χ4n) is 3.67. The van der Waals surface area contributed by atoms with Crippen LogP contribution in [0.3, 0.4) is 0 Å². The van der Waals surface area contributed by atoms with Gasteiger partial charge in [-0.1, -0.05) is 12.1 Å². The minimum Gasteiger partial charge on any atom is -0.392 e. The first kappa shape index (κ1) is 19.3. The number of carbonyl (C=O) groups excluding carboxylic acids is 2. The van der Waals surface area contributed by atoms with Crippen LogP contribution in [-0.2, 0) is 24.2 Å². The molecule has 1 amide bonds. The summed E-state index contributed by atoms with van der Waals surface area (Å²) in [5.74, 6) is -0.412. The molecule has 1 aliphatic carbocycles. The first-order valence-electron chi connectivity index (χ1n) is 9.30. The number of nitrogens with one attached hydrogen (secondary N) is 1. The third-order valence-electron chi connectivity index (χ3n) is 5.04. The molecule has 27 heavy (non-hydrogen) atoms. The summed E-state index contributed by atoms with van der Waals surface area (Å²) in [5, 5.41) is 12.0. The molecule has 2 N–H and O–H groups in total. The van der Waals surface area contributed by atoms with Gasteiger partial charge in [0.15, 0.2) is 5.78 Å². The fraction of sp³-hybridized carbons (Fsp3) is 0.429. The average molecular weight is 372 g/mol. The van der Waals surface area contributed by atoms with E-state index >= 15 is 0 Å². The van der Waals surface area contributed by atoms with Crippen LogP contribution >= 0.6 is 0 Å². The molecule has 0 aliphatic heterocycles. The number of carbonyl (C=O) groups is 2. The van der Waals surface area contributed by atoms with Gasteiger partial charge in [-0.05, 0) is 49.9 Å². The molecule has 5 nitrogen and oxygen atoms in total. The van der Waals surface area contributed by atoms with Gasteiger partial charge in [-0.3, -0.25) is 9.59 Å². The lowest BCUT2D eigenvalue weighted by molar-refractivity contribution is -0.120. The largest absolute Gasteiger partial charge is 0.392 e. The van der Waals surface area contributed by atoms with Crippen LogP contribution in [0.15, 0.2) is 24.3 Å². The van der Waals surface area contributed by atoms with Crippen LogP contribution in [0.25, 0.3) is 0 Å². The van der Waals surface area contributed by atoms with Gasteiger partial charge in [-0.15, -0.1) is 0 Å². The van der Waals surface area contributed by atoms with Crippen molar-refractivity contribution in [2.75, 3.05) is 6.54 Å². The normalized spacial score (nSPS) is 14.7. The second-order valence-electron chi connectivity index (χ2n) is 7.20. The van der Waals surface area contributed by atoms with Gasteiger partial charge in [0.05, 0.1) is 12.5 Å². The van der Waals surface area contributed by atoms with Crippen molar-refractivity contribution in [3.8, 4) is 0 Å². The molecule has 1 aromatic heterocycles. The summed E-state index contributed by atoms with van der Waals surface area (Å²) in [7, 11) is 0. The van der Waals surface area contributed by atoms with Gasteiger partial charge in [0.1, 0.15) is 5.82 Å². The van der Waals surface area contributed by atoms with Gasteiger partial charge in [0.2, 0.25) is 5.91 Å². The van der Waals surface area contributed by atoms with Crippen molar-refractivity contribution >= 4 is 11.7 Å². The van der Waals surface area contributed by atoms with E-state index in [9.17, 15) is 19.1 Å². The third-order valence-corrected chi connectivity index (χ3v) is 5.04. The zero-order chi connectivity index (χ0) is 19.6. The molecule has 0 radical (unpaired) electrons. The van der Waals surface area contributed by atoms with Crippen LogP contribution in [0.4, 0.5) is 4.39 Å². The Hall–Kier alpha value is -2.47. The number of halogens is 1. The van der Waals surface area contributed by atoms with E-state index in [1.807, 2.05) is 6.92 Å². The highest BCUT2D eigenvalue weighted by Gasteiger charge is 2.29. The maximum absolute atomic E-state index is 13.2. The zero-order valence-corrected chi connectivity index (χ0v) is 15.7. The molecule has 3 rings (SSSR count). The SMILES string of the molecule is Cc1c(CC(=O)NCC(C)O)c2c(n1Cc1ccc(F)cc1)CCCC2=O. The molecule has 0 saturated carbocycles. The number of rotatable bonds is 6. The van der Waals surface area contributed by atoms with E-state index in [-0.39, 0.29) is 30.5 Å². The minimum absolute atomic E-state index is 0.0792. The molecule has 1 atom stereocenters. The van der Waals surface area contributed by atoms with Crippen LogP contribution in [-0.4, -0.2) is 34.0 Å². The number of amides is 1. The number of aromatic nitrogens is 1. The molecule has 6 heteroatoms. The molecule has 2 aromatic rings. The number of aliphatic hydroxyl groups excluding tert-OH is 1. The summed E-state index contributed by atoms with van der Waals surface area (Å²) < 4.78 is 15.3. The predicted octanol–water partition coefficient (Wildman–Crippen LogP) is 2.54. The molecule has 1 heterocycles. The fourth-order valence-corrected chi connectivity index (χ4v) is 3.67. The molecule has 0 bridgehead atoms. The summed E-state index contributed by atoms with van der Waals surface area (Å²) in [6.07, 6.45) is 1.58. The van der Waals surface area contributed by atoms with E-state index in [0.29, 0.717) is 18.5 Å². The van der Waals surface area contributed by atoms with Crippen LogP contribution in [0, 0.1) is 12.7 Å². The monoisotopic (exact) mass is 372 g/mol. The molecule has 0 fully saturated rings. The van der Waals surface area contributed by atoms with Crippen molar-refractivity contribution in [1.29, 1.82) is 0 Å². The molecular weight excluding hydrogens is 347 g/mol. The Morgan fingerprint density at radius 3 is 2.67 bits per heavy atom. The highest BCUT2D eigenvalue weighted by atomic mass is 19.1. The van der Waals surface area contributed by atoms with E-state index in [1.54, 1.807) is 19.1 Å². The van der Waals surface area contributed by atoms with Crippen LogP contribution in [0.2, 0.25) is 0 Å². The molecule has 1 unspecified atom stereocenters. The van der Waals surface area contributed by atoms with Crippen molar-refractivity contribution in [3.63, 3.8) is 0 Å². The van der Waals surface area contributed by atoms with Crippen molar-refractivity contribution in [2.24, 2.45) is 0 Å². The van der Waals surface area contributed by atoms with E-state index in [1.165, 1.54) is 12.1 Å². The molecular formula is C21H25FN2O3. The summed E-state index contributed by atoms with van der Waals surface area (Å²) in [4.78, 5) is 24.9. The lowest BCUT2D eigenvalue weighted by atomic mass is 9.92. The standard InChI is InChI=1S/C21H25FN2O3/c1-13(25)11-23-20(27)10-17-14(2)24(12-15-6-8-16(22)9-7-15)18-4-3-5-19(26)21(17)18/h6-9,13,25H,3-5,10-12H2,1-2H3,(H,23,27).